The van der Waals surface area contributed by atoms with Gasteiger partial charge in [-0.3, -0.25) is 0 Å². The minimum atomic E-state index is -1.80. The zero-order valence-electron chi connectivity index (χ0n) is 12.1. The average Bonchev–Trinajstić information content (AvgIpc) is 2.36. The Hall–Kier alpha value is 0.487. The van der Waals surface area contributed by atoms with Crippen LogP contribution < -0.4 is 0 Å². The normalized spacial score (nSPS) is 12.0. The van der Waals surface area contributed by atoms with Crippen molar-refractivity contribution in [1.29, 1.82) is 0 Å². The molecular formula is C13H30O2SSi. The lowest BCUT2D eigenvalue weighted by molar-refractivity contribution is 0.249. The Bertz CT molecular complexity index is 163. The minimum absolute atomic E-state index is 1.11. The van der Waals surface area contributed by atoms with Gasteiger partial charge in [0.1, 0.15) is 0 Å². The highest BCUT2D eigenvalue weighted by atomic mass is 32.2. The zero-order chi connectivity index (χ0) is 13.0. The molecule has 0 saturated heterocycles. The van der Waals surface area contributed by atoms with Gasteiger partial charge in [-0.2, -0.15) is 11.8 Å². The van der Waals surface area contributed by atoms with Crippen LogP contribution in [0.5, 0.6) is 0 Å². The molecule has 0 aliphatic heterocycles. The maximum Gasteiger partial charge on any atom is 0.334 e. The second-order valence-corrected chi connectivity index (χ2v) is 9.48. The first kappa shape index (κ1) is 17.5. The van der Waals surface area contributed by atoms with Gasteiger partial charge in [0.15, 0.2) is 0 Å². The SMILES string of the molecule is CCCCCCCSCCC[Si](C)(OC)OC. The van der Waals surface area contributed by atoms with Gasteiger partial charge in [0.25, 0.3) is 0 Å². The van der Waals surface area contributed by atoms with Crippen molar-refractivity contribution in [1.82, 2.24) is 0 Å². The fraction of sp³-hybridized carbons (Fsp3) is 1.00. The molecule has 0 rings (SSSR count). The van der Waals surface area contributed by atoms with Crippen LogP contribution in [0.2, 0.25) is 12.6 Å². The first-order valence-corrected chi connectivity index (χ1v) is 10.5. The fourth-order valence-electron chi connectivity index (χ4n) is 1.69. The summed E-state index contributed by atoms with van der Waals surface area (Å²) in [5.41, 5.74) is 0. The van der Waals surface area contributed by atoms with Gasteiger partial charge in [0.2, 0.25) is 0 Å². The van der Waals surface area contributed by atoms with Crippen LogP contribution in [0.3, 0.4) is 0 Å². The van der Waals surface area contributed by atoms with Crippen LogP contribution in [-0.4, -0.2) is 34.3 Å². The Balaban J connectivity index is 3.23. The highest BCUT2D eigenvalue weighted by Gasteiger charge is 2.27. The van der Waals surface area contributed by atoms with Gasteiger partial charge >= 0.3 is 8.56 Å². The fourth-order valence-corrected chi connectivity index (χ4v) is 4.30. The number of thioether (sulfide) groups is 1. The Labute approximate surface area is 113 Å². The van der Waals surface area contributed by atoms with Crippen molar-refractivity contribution in [2.24, 2.45) is 0 Å². The Morgan fingerprint density at radius 3 is 2.06 bits per heavy atom. The molecule has 104 valence electrons. The van der Waals surface area contributed by atoms with E-state index in [0.717, 1.165) is 6.04 Å². The summed E-state index contributed by atoms with van der Waals surface area (Å²) in [5.74, 6) is 2.57. The molecule has 0 aromatic carbocycles. The van der Waals surface area contributed by atoms with E-state index in [1.165, 1.54) is 50.0 Å². The van der Waals surface area contributed by atoms with Gasteiger partial charge in [0, 0.05) is 14.2 Å². The predicted octanol–water partition coefficient (Wildman–Crippen LogP) is 4.44. The van der Waals surface area contributed by atoms with E-state index in [1.807, 2.05) is 0 Å². The minimum Gasteiger partial charge on any atom is -0.398 e. The molecule has 0 amide bonds. The van der Waals surface area contributed by atoms with Gasteiger partial charge in [0.05, 0.1) is 0 Å². The lowest BCUT2D eigenvalue weighted by atomic mass is 10.2. The average molecular weight is 279 g/mol. The van der Waals surface area contributed by atoms with Crippen molar-refractivity contribution in [2.45, 2.75) is 58.0 Å². The molecule has 0 aliphatic rings. The molecular weight excluding hydrogens is 248 g/mol. The van der Waals surface area contributed by atoms with Gasteiger partial charge in [-0.15, -0.1) is 0 Å². The quantitative estimate of drug-likeness (QED) is 0.388. The molecule has 0 atom stereocenters. The zero-order valence-corrected chi connectivity index (χ0v) is 13.9. The van der Waals surface area contributed by atoms with Crippen LogP contribution in [0.1, 0.15) is 45.4 Å². The van der Waals surface area contributed by atoms with E-state index >= 15 is 0 Å². The number of unbranched alkanes of at least 4 members (excludes halogenated alkanes) is 4. The first-order chi connectivity index (χ1) is 8.18. The number of rotatable bonds is 12. The standard InChI is InChI=1S/C13H30O2SSi/c1-5-6-7-8-9-11-16-12-10-13-17(4,14-2)15-3/h5-13H2,1-4H3. The van der Waals surface area contributed by atoms with E-state index in [9.17, 15) is 0 Å². The van der Waals surface area contributed by atoms with Gasteiger partial charge in [-0.1, -0.05) is 32.6 Å². The van der Waals surface area contributed by atoms with Crippen molar-refractivity contribution < 1.29 is 8.85 Å². The molecule has 0 aliphatic carbocycles. The molecule has 0 aromatic heterocycles. The molecule has 0 heterocycles. The first-order valence-electron chi connectivity index (χ1n) is 6.86. The van der Waals surface area contributed by atoms with Crippen molar-refractivity contribution in [3.8, 4) is 0 Å². The Morgan fingerprint density at radius 2 is 1.47 bits per heavy atom. The second kappa shape index (κ2) is 11.6. The number of hydrogen-bond acceptors (Lipinski definition) is 3. The third-order valence-electron chi connectivity index (χ3n) is 3.18. The second-order valence-electron chi connectivity index (χ2n) is 4.67. The van der Waals surface area contributed by atoms with E-state index in [4.69, 9.17) is 8.85 Å². The van der Waals surface area contributed by atoms with Crippen LogP contribution >= 0.6 is 11.8 Å². The van der Waals surface area contributed by atoms with E-state index in [1.54, 1.807) is 14.2 Å². The molecule has 2 nitrogen and oxygen atoms in total. The summed E-state index contributed by atoms with van der Waals surface area (Å²) in [7, 11) is 1.75. The molecule has 0 saturated carbocycles. The van der Waals surface area contributed by atoms with E-state index in [0.29, 0.717) is 0 Å². The molecule has 17 heavy (non-hydrogen) atoms. The van der Waals surface area contributed by atoms with Gasteiger partial charge < -0.3 is 8.85 Å². The van der Waals surface area contributed by atoms with Crippen LogP contribution in [0.25, 0.3) is 0 Å². The maximum atomic E-state index is 5.47. The van der Waals surface area contributed by atoms with Crippen LogP contribution in [-0.2, 0) is 8.85 Å². The van der Waals surface area contributed by atoms with Crippen molar-refractivity contribution in [2.75, 3.05) is 25.7 Å². The molecule has 0 radical (unpaired) electrons. The summed E-state index contributed by atoms with van der Waals surface area (Å²) in [4.78, 5) is 0. The van der Waals surface area contributed by atoms with Crippen LogP contribution in [0.4, 0.5) is 0 Å². The third kappa shape index (κ3) is 10.1. The molecule has 0 fully saturated rings. The Kier molecular flexibility index (Phi) is 11.9. The van der Waals surface area contributed by atoms with Crippen molar-refractivity contribution in [3.63, 3.8) is 0 Å². The summed E-state index contributed by atoms with van der Waals surface area (Å²) in [6.45, 7) is 4.41. The summed E-state index contributed by atoms with van der Waals surface area (Å²) >= 11 is 2.08. The highest BCUT2D eigenvalue weighted by Crippen LogP contribution is 2.17. The van der Waals surface area contributed by atoms with Crippen LogP contribution in [0.15, 0.2) is 0 Å². The number of hydrogen-bond donors (Lipinski definition) is 0. The molecule has 0 bridgehead atoms. The largest absolute Gasteiger partial charge is 0.398 e. The monoisotopic (exact) mass is 278 g/mol. The van der Waals surface area contributed by atoms with Crippen LogP contribution in [0, 0.1) is 0 Å². The molecule has 0 unspecified atom stereocenters. The van der Waals surface area contributed by atoms with E-state index < -0.39 is 8.56 Å². The van der Waals surface area contributed by atoms with E-state index in [2.05, 4.69) is 25.2 Å². The Morgan fingerprint density at radius 1 is 0.882 bits per heavy atom. The molecule has 0 spiro atoms. The van der Waals surface area contributed by atoms with Gasteiger partial charge in [-0.25, -0.2) is 0 Å². The summed E-state index contributed by atoms with van der Waals surface area (Å²) in [6, 6.07) is 1.11. The van der Waals surface area contributed by atoms with Gasteiger partial charge in [-0.05, 0) is 36.9 Å². The lowest BCUT2D eigenvalue weighted by Gasteiger charge is -2.22. The van der Waals surface area contributed by atoms with Crippen molar-refractivity contribution >= 4 is 20.3 Å². The molecule has 0 aromatic rings. The summed E-state index contributed by atoms with van der Waals surface area (Å²) < 4.78 is 10.9. The summed E-state index contributed by atoms with van der Waals surface area (Å²) in [6.07, 6.45) is 8.16. The topological polar surface area (TPSA) is 18.5 Å². The van der Waals surface area contributed by atoms with Crippen molar-refractivity contribution in [3.05, 3.63) is 0 Å². The lowest BCUT2D eigenvalue weighted by Crippen LogP contribution is -2.35. The highest BCUT2D eigenvalue weighted by molar-refractivity contribution is 7.99. The maximum absolute atomic E-state index is 5.47. The van der Waals surface area contributed by atoms with E-state index in [-0.39, 0.29) is 0 Å². The smallest absolute Gasteiger partial charge is 0.334 e. The summed E-state index contributed by atoms with van der Waals surface area (Å²) in [5, 5.41) is 0. The molecule has 4 heteroatoms. The predicted molar refractivity (Wildman–Crippen MR) is 81.1 cm³/mol. The molecule has 0 N–H and O–H groups in total. The third-order valence-corrected chi connectivity index (χ3v) is 7.32.